The van der Waals surface area contributed by atoms with E-state index < -0.39 is 0 Å². The van der Waals surface area contributed by atoms with Crippen LogP contribution in [0.1, 0.15) is 24.1 Å². The smallest absolute Gasteiger partial charge is 0.0454 e. The molecule has 0 saturated carbocycles. The molecular weight excluding hydrogens is 265 g/mol. The van der Waals surface area contributed by atoms with Crippen molar-refractivity contribution < 1.29 is 0 Å². The van der Waals surface area contributed by atoms with Crippen LogP contribution < -0.4 is 5.32 Å². The second kappa shape index (κ2) is 6.24. The van der Waals surface area contributed by atoms with Gasteiger partial charge in [0.1, 0.15) is 0 Å². The average Bonchev–Trinajstić information content (AvgIpc) is 2.40. The van der Waals surface area contributed by atoms with Crippen molar-refractivity contribution in [2.75, 3.05) is 0 Å². The molecule has 0 spiro atoms. The molecule has 1 nitrogen and oxygen atoms in total. The quantitative estimate of drug-likeness (QED) is 0.844. The van der Waals surface area contributed by atoms with Crippen LogP contribution in [0.15, 0.2) is 48.5 Å². The number of rotatable bonds is 4. The zero-order valence-corrected chi connectivity index (χ0v) is 11.7. The lowest BCUT2D eigenvalue weighted by molar-refractivity contribution is 0.575. The van der Waals surface area contributed by atoms with Gasteiger partial charge < -0.3 is 5.32 Å². The lowest BCUT2D eigenvalue weighted by Gasteiger charge is -2.16. The van der Waals surface area contributed by atoms with Gasteiger partial charge in [-0.2, -0.15) is 0 Å². The Kier molecular flexibility index (Phi) is 4.65. The maximum Gasteiger partial charge on any atom is 0.0454 e. The van der Waals surface area contributed by atoms with Gasteiger partial charge >= 0.3 is 0 Å². The third-order valence-electron chi connectivity index (χ3n) is 2.88. The summed E-state index contributed by atoms with van der Waals surface area (Å²) < 4.78 is 0. The molecule has 2 rings (SSSR count). The zero-order chi connectivity index (χ0) is 13.0. The van der Waals surface area contributed by atoms with E-state index in [0.29, 0.717) is 5.02 Å². The van der Waals surface area contributed by atoms with E-state index >= 15 is 0 Å². The van der Waals surface area contributed by atoms with E-state index in [4.69, 9.17) is 23.2 Å². The minimum atomic E-state index is 0.163. The largest absolute Gasteiger partial charge is 0.306 e. The summed E-state index contributed by atoms with van der Waals surface area (Å²) in [5.74, 6) is 0. The molecule has 0 saturated heterocycles. The molecule has 3 heteroatoms. The van der Waals surface area contributed by atoms with Crippen LogP contribution in [0.2, 0.25) is 10.0 Å². The van der Waals surface area contributed by atoms with E-state index in [1.54, 1.807) is 6.07 Å². The third kappa shape index (κ3) is 3.49. The average molecular weight is 280 g/mol. The molecule has 0 amide bonds. The lowest BCUT2D eigenvalue weighted by atomic mass is 10.1. The summed E-state index contributed by atoms with van der Waals surface area (Å²) in [4.78, 5) is 0. The van der Waals surface area contributed by atoms with Crippen LogP contribution in [0.3, 0.4) is 0 Å². The fourth-order valence-electron chi connectivity index (χ4n) is 1.82. The number of nitrogens with one attached hydrogen (secondary N) is 1. The maximum atomic E-state index is 6.17. The molecular formula is C15H15Cl2N. The summed E-state index contributed by atoms with van der Waals surface area (Å²) in [5.41, 5.74) is 2.28. The van der Waals surface area contributed by atoms with Crippen LogP contribution in [0.4, 0.5) is 0 Å². The van der Waals surface area contributed by atoms with Gasteiger partial charge in [-0.3, -0.25) is 0 Å². The predicted molar refractivity (Wildman–Crippen MR) is 78.2 cm³/mol. The minimum Gasteiger partial charge on any atom is -0.306 e. The van der Waals surface area contributed by atoms with Gasteiger partial charge in [-0.25, -0.2) is 0 Å². The van der Waals surface area contributed by atoms with Crippen molar-refractivity contribution in [2.24, 2.45) is 0 Å². The van der Waals surface area contributed by atoms with Crippen molar-refractivity contribution in [2.45, 2.75) is 19.5 Å². The summed E-state index contributed by atoms with van der Waals surface area (Å²) in [6.45, 7) is 2.89. The molecule has 1 unspecified atom stereocenters. The topological polar surface area (TPSA) is 12.0 Å². The van der Waals surface area contributed by atoms with Gasteiger partial charge in [0, 0.05) is 22.6 Å². The SMILES string of the molecule is CC(NCc1ccccc1)c1cc(Cl)ccc1Cl. The van der Waals surface area contributed by atoms with E-state index in [1.165, 1.54) is 5.56 Å². The van der Waals surface area contributed by atoms with E-state index in [0.717, 1.165) is 17.1 Å². The summed E-state index contributed by atoms with van der Waals surface area (Å²) in [6.07, 6.45) is 0. The Morgan fingerprint density at radius 2 is 1.78 bits per heavy atom. The zero-order valence-electron chi connectivity index (χ0n) is 10.2. The molecule has 18 heavy (non-hydrogen) atoms. The highest BCUT2D eigenvalue weighted by Gasteiger charge is 2.09. The lowest BCUT2D eigenvalue weighted by Crippen LogP contribution is -2.18. The first-order valence-corrected chi connectivity index (χ1v) is 6.64. The summed E-state index contributed by atoms with van der Waals surface area (Å²) in [7, 11) is 0. The van der Waals surface area contributed by atoms with Crippen LogP contribution in [-0.4, -0.2) is 0 Å². The molecule has 94 valence electrons. The predicted octanol–water partition coefficient (Wildman–Crippen LogP) is 4.84. The first-order chi connectivity index (χ1) is 8.66. The first kappa shape index (κ1) is 13.4. The van der Waals surface area contributed by atoms with Crippen molar-refractivity contribution in [3.05, 3.63) is 69.7 Å². The van der Waals surface area contributed by atoms with Crippen LogP contribution in [0, 0.1) is 0 Å². The van der Waals surface area contributed by atoms with Crippen LogP contribution in [0.25, 0.3) is 0 Å². The molecule has 0 heterocycles. The van der Waals surface area contributed by atoms with Crippen LogP contribution >= 0.6 is 23.2 Å². The van der Waals surface area contributed by atoms with Crippen molar-refractivity contribution >= 4 is 23.2 Å². The molecule has 0 aliphatic heterocycles. The monoisotopic (exact) mass is 279 g/mol. The fraction of sp³-hybridized carbons (Fsp3) is 0.200. The summed E-state index contributed by atoms with van der Waals surface area (Å²) in [6, 6.07) is 16.0. The Labute approximate surface area is 118 Å². The molecule has 2 aromatic carbocycles. The Bertz CT molecular complexity index is 511. The Hall–Kier alpha value is -1.02. The highest BCUT2D eigenvalue weighted by molar-refractivity contribution is 6.33. The molecule has 0 fully saturated rings. The molecule has 0 aromatic heterocycles. The highest BCUT2D eigenvalue weighted by atomic mass is 35.5. The third-order valence-corrected chi connectivity index (χ3v) is 3.46. The van der Waals surface area contributed by atoms with Gasteiger partial charge in [0.05, 0.1) is 0 Å². The molecule has 1 N–H and O–H groups in total. The second-order valence-corrected chi connectivity index (χ2v) is 5.10. The molecule has 1 atom stereocenters. The molecule has 0 radical (unpaired) electrons. The Morgan fingerprint density at radius 3 is 2.50 bits per heavy atom. The summed E-state index contributed by atoms with van der Waals surface area (Å²) in [5, 5.41) is 4.89. The maximum absolute atomic E-state index is 6.17. The van der Waals surface area contributed by atoms with Gasteiger partial charge in [0.2, 0.25) is 0 Å². The van der Waals surface area contributed by atoms with Gasteiger partial charge in [0.15, 0.2) is 0 Å². The van der Waals surface area contributed by atoms with Crippen molar-refractivity contribution in [3.8, 4) is 0 Å². The van der Waals surface area contributed by atoms with E-state index in [1.807, 2.05) is 30.3 Å². The van der Waals surface area contributed by atoms with Gasteiger partial charge in [-0.1, -0.05) is 53.5 Å². The number of halogens is 2. The number of hydrogen-bond acceptors (Lipinski definition) is 1. The molecule has 2 aromatic rings. The van der Waals surface area contributed by atoms with Crippen molar-refractivity contribution in [1.29, 1.82) is 0 Å². The Balaban J connectivity index is 2.03. The second-order valence-electron chi connectivity index (χ2n) is 4.25. The van der Waals surface area contributed by atoms with Crippen LogP contribution in [-0.2, 0) is 6.54 Å². The minimum absolute atomic E-state index is 0.163. The first-order valence-electron chi connectivity index (χ1n) is 5.89. The van der Waals surface area contributed by atoms with Crippen LogP contribution in [0.5, 0.6) is 0 Å². The normalized spacial score (nSPS) is 12.4. The van der Waals surface area contributed by atoms with E-state index in [9.17, 15) is 0 Å². The standard InChI is InChI=1S/C15H15Cl2N/c1-11(14-9-13(16)7-8-15(14)17)18-10-12-5-3-2-4-6-12/h2-9,11,18H,10H2,1H3. The highest BCUT2D eigenvalue weighted by Crippen LogP contribution is 2.26. The van der Waals surface area contributed by atoms with E-state index in [2.05, 4.69) is 24.4 Å². The molecule has 0 aliphatic carbocycles. The van der Waals surface area contributed by atoms with Gasteiger partial charge in [-0.05, 0) is 36.2 Å². The number of hydrogen-bond donors (Lipinski definition) is 1. The Morgan fingerprint density at radius 1 is 1.06 bits per heavy atom. The molecule has 0 aliphatic rings. The van der Waals surface area contributed by atoms with Gasteiger partial charge in [-0.15, -0.1) is 0 Å². The fourth-order valence-corrected chi connectivity index (χ4v) is 2.28. The van der Waals surface area contributed by atoms with E-state index in [-0.39, 0.29) is 6.04 Å². The van der Waals surface area contributed by atoms with Crippen molar-refractivity contribution in [1.82, 2.24) is 5.32 Å². The summed E-state index contributed by atoms with van der Waals surface area (Å²) >= 11 is 12.2. The number of benzene rings is 2. The van der Waals surface area contributed by atoms with Gasteiger partial charge in [0.25, 0.3) is 0 Å². The van der Waals surface area contributed by atoms with Crippen molar-refractivity contribution in [3.63, 3.8) is 0 Å². The molecule has 0 bridgehead atoms.